The van der Waals surface area contributed by atoms with Crippen LogP contribution in [-0.4, -0.2) is 25.2 Å². The van der Waals surface area contributed by atoms with E-state index in [0.717, 1.165) is 11.1 Å². The third kappa shape index (κ3) is 4.45. The second-order valence-corrected chi connectivity index (χ2v) is 7.68. The van der Waals surface area contributed by atoms with Crippen molar-refractivity contribution in [2.45, 2.75) is 18.2 Å². The van der Waals surface area contributed by atoms with Gasteiger partial charge in [0.15, 0.2) is 0 Å². The highest BCUT2D eigenvalue weighted by Gasteiger charge is 2.15. The summed E-state index contributed by atoms with van der Waals surface area (Å²) in [6.45, 7) is 2.12. The highest BCUT2D eigenvalue weighted by atomic mass is 35.5. The van der Waals surface area contributed by atoms with Crippen molar-refractivity contribution in [2.75, 3.05) is 6.54 Å². The Kier molecular flexibility index (Phi) is 5.17. The lowest BCUT2D eigenvalue weighted by atomic mass is 10.1. The third-order valence-electron chi connectivity index (χ3n) is 3.47. The molecular formula is C17H16ClN3O3S. The molecule has 0 fully saturated rings. The molecule has 0 atom stereocenters. The van der Waals surface area contributed by atoms with Gasteiger partial charge in [0.25, 0.3) is 0 Å². The first-order valence-corrected chi connectivity index (χ1v) is 9.45. The van der Waals surface area contributed by atoms with Crippen LogP contribution in [0.2, 0.25) is 5.02 Å². The van der Waals surface area contributed by atoms with Gasteiger partial charge in [0.1, 0.15) is 0 Å². The third-order valence-corrected chi connectivity index (χ3v) is 5.16. The van der Waals surface area contributed by atoms with E-state index in [1.165, 1.54) is 12.1 Å². The molecule has 0 spiro atoms. The van der Waals surface area contributed by atoms with Crippen molar-refractivity contribution < 1.29 is 12.8 Å². The number of halogens is 1. The van der Waals surface area contributed by atoms with E-state index in [1.807, 2.05) is 31.2 Å². The summed E-state index contributed by atoms with van der Waals surface area (Å²) >= 11 is 5.83. The van der Waals surface area contributed by atoms with E-state index in [2.05, 4.69) is 14.9 Å². The van der Waals surface area contributed by atoms with Crippen LogP contribution < -0.4 is 4.72 Å². The maximum absolute atomic E-state index is 12.2. The van der Waals surface area contributed by atoms with Crippen LogP contribution in [0.15, 0.2) is 57.8 Å². The highest BCUT2D eigenvalue weighted by Crippen LogP contribution is 2.19. The fourth-order valence-corrected chi connectivity index (χ4v) is 3.59. The summed E-state index contributed by atoms with van der Waals surface area (Å²) in [6, 6.07) is 13.8. The van der Waals surface area contributed by atoms with E-state index in [9.17, 15) is 8.42 Å². The minimum absolute atomic E-state index is 0.117. The Bertz CT molecular complexity index is 986. The normalized spacial score (nSPS) is 11.6. The molecule has 0 aliphatic carbocycles. The Morgan fingerprint density at radius 2 is 1.92 bits per heavy atom. The van der Waals surface area contributed by atoms with E-state index in [4.69, 9.17) is 16.0 Å². The Balaban J connectivity index is 1.63. The predicted octanol–water partition coefficient (Wildman–Crippen LogP) is 3.22. The van der Waals surface area contributed by atoms with Crippen LogP contribution in [0, 0.1) is 6.92 Å². The average molecular weight is 378 g/mol. The Labute approximate surface area is 150 Å². The van der Waals surface area contributed by atoms with Crippen LogP contribution >= 0.6 is 11.6 Å². The maximum Gasteiger partial charge on any atom is 0.247 e. The summed E-state index contributed by atoms with van der Waals surface area (Å²) in [7, 11) is -3.63. The summed E-state index contributed by atoms with van der Waals surface area (Å²) in [4.78, 5) is 0.117. The van der Waals surface area contributed by atoms with Crippen LogP contribution in [0.5, 0.6) is 0 Å². The van der Waals surface area contributed by atoms with Gasteiger partial charge in [-0.25, -0.2) is 13.1 Å². The predicted molar refractivity (Wildman–Crippen MR) is 94.8 cm³/mol. The van der Waals surface area contributed by atoms with Gasteiger partial charge in [0.2, 0.25) is 21.8 Å². The van der Waals surface area contributed by atoms with Gasteiger partial charge < -0.3 is 4.42 Å². The van der Waals surface area contributed by atoms with Crippen molar-refractivity contribution in [1.29, 1.82) is 0 Å². The molecular weight excluding hydrogens is 362 g/mol. The van der Waals surface area contributed by atoms with Gasteiger partial charge in [-0.1, -0.05) is 35.4 Å². The zero-order valence-electron chi connectivity index (χ0n) is 13.4. The van der Waals surface area contributed by atoms with Gasteiger partial charge in [-0.05, 0) is 37.3 Å². The fraction of sp³-hybridized carbons (Fsp3) is 0.176. The largest absolute Gasteiger partial charge is 0.421 e. The number of nitrogens with one attached hydrogen (secondary N) is 1. The van der Waals surface area contributed by atoms with E-state index in [-0.39, 0.29) is 11.4 Å². The molecule has 0 saturated heterocycles. The number of aromatic nitrogens is 2. The molecule has 6 nitrogen and oxygen atoms in total. The van der Waals surface area contributed by atoms with Crippen LogP contribution in [0.1, 0.15) is 11.5 Å². The van der Waals surface area contributed by atoms with E-state index >= 15 is 0 Å². The molecule has 8 heteroatoms. The number of hydrogen-bond donors (Lipinski definition) is 1. The van der Waals surface area contributed by atoms with Crippen molar-refractivity contribution >= 4 is 21.6 Å². The van der Waals surface area contributed by atoms with Crippen LogP contribution in [0.25, 0.3) is 11.5 Å². The van der Waals surface area contributed by atoms with Gasteiger partial charge in [0, 0.05) is 23.6 Å². The molecule has 0 amide bonds. The minimum atomic E-state index is -3.63. The number of sulfonamides is 1. The molecule has 0 saturated carbocycles. The number of rotatable bonds is 6. The average Bonchev–Trinajstić information content (AvgIpc) is 3.04. The summed E-state index contributed by atoms with van der Waals surface area (Å²) in [5, 5.41) is 8.32. The molecule has 25 heavy (non-hydrogen) atoms. The molecule has 0 unspecified atom stereocenters. The monoisotopic (exact) mass is 377 g/mol. The van der Waals surface area contributed by atoms with Crippen molar-refractivity contribution in [2.24, 2.45) is 0 Å². The minimum Gasteiger partial charge on any atom is -0.421 e. The lowest BCUT2D eigenvalue weighted by Gasteiger charge is -2.05. The summed E-state index contributed by atoms with van der Waals surface area (Å²) in [5.41, 5.74) is 1.92. The molecule has 3 rings (SSSR count). The molecule has 0 radical (unpaired) electrons. The lowest BCUT2D eigenvalue weighted by Crippen LogP contribution is -2.26. The number of nitrogens with zero attached hydrogens (tertiary/aromatic N) is 2. The first-order valence-electron chi connectivity index (χ1n) is 7.59. The molecule has 1 heterocycles. The summed E-state index contributed by atoms with van der Waals surface area (Å²) in [5.74, 6) is 0.779. The van der Waals surface area contributed by atoms with Crippen molar-refractivity contribution in [3.63, 3.8) is 0 Å². The van der Waals surface area contributed by atoms with E-state index < -0.39 is 10.0 Å². The van der Waals surface area contributed by atoms with Gasteiger partial charge in [-0.15, -0.1) is 10.2 Å². The number of aryl methyl sites for hydroxylation is 1. The second-order valence-electron chi connectivity index (χ2n) is 5.48. The van der Waals surface area contributed by atoms with Gasteiger partial charge >= 0.3 is 0 Å². The smallest absolute Gasteiger partial charge is 0.247 e. The van der Waals surface area contributed by atoms with Crippen molar-refractivity contribution in [3.8, 4) is 11.5 Å². The van der Waals surface area contributed by atoms with Crippen molar-refractivity contribution in [3.05, 3.63) is 65.0 Å². The highest BCUT2D eigenvalue weighted by molar-refractivity contribution is 7.89. The molecule has 1 aromatic heterocycles. The van der Waals surface area contributed by atoms with Gasteiger partial charge in [-0.3, -0.25) is 0 Å². The zero-order chi connectivity index (χ0) is 17.9. The molecule has 0 bridgehead atoms. The van der Waals surface area contributed by atoms with E-state index in [0.29, 0.717) is 23.2 Å². The lowest BCUT2D eigenvalue weighted by molar-refractivity contribution is 0.502. The molecule has 1 N–H and O–H groups in total. The van der Waals surface area contributed by atoms with Crippen LogP contribution in [0.4, 0.5) is 0 Å². The van der Waals surface area contributed by atoms with Crippen LogP contribution in [0.3, 0.4) is 0 Å². The topological polar surface area (TPSA) is 85.1 Å². The molecule has 0 aliphatic heterocycles. The summed E-state index contributed by atoms with van der Waals surface area (Å²) < 4.78 is 32.5. The summed E-state index contributed by atoms with van der Waals surface area (Å²) in [6.07, 6.45) is 0.290. The number of benzene rings is 2. The second kappa shape index (κ2) is 7.35. The Morgan fingerprint density at radius 3 is 2.68 bits per heavy atom. The quantitative estimate of drug-likeness (QED) is 0.712. The standard InChI is InChI=1S/C17H16ClN3O3S/c1-12-4-2-5-13(10-12)17-21-20-16(24-17)8-9-19-25(22,23)15-7-3-6-14(18)11-15/h2-7,10-11,19H,8-9H2,1H3. The number of hydrogen-bond acceptors (Lipinski definition) is 5. The maximum atomic E-state index is 12.2. The van der Waals surface area contributed by atoms with Crippen molar-refractivity contribution in [1.82, 2.24) is 14.9 Å². The molecule has 2 aromatic carbocycles. The molecule has 3 aromatic rings. The van der Waals surface area contributed by atoms with Gasteiger partial charge in [0.05, 0.1) is 4.90 Å². The van der Waals surface area contributed by atoms with E-state index in [1.54, 1.807) is 12.1 Å². The first-order chi connectivity index (χ1) is 11.9. The first kappa shape index (κ1) is 17.6. The SMILES string of the molecule is Cc1cccc(-c2nnc(CCNS(=O)(=O)c3cccc(Cl)c3)o2)c1. The Hall–Kier alpha value is -2.22. The Morgan fingerprint density at radius 1 is 1.12 bits per heavy atom. The van der Waals surface area contributed by atoms with Gasteiger partial charge in [-0.2, -0.15) is 0 Å². The fourth-order valence-electron chi connectivity index (χ4n) is 2.26. The van der Waals surface area contributed by atoms with Crippen LogP contribution in [-0.2, 0) is 16.4 Å². The zero-order valence-corrected chi connectivity index (χ0v) is 15.0. The molecule has 0 aliphatic rings. The molecule has 130 valence electrons.